The maximum atomic E-state index is 12.8. The predicted octanol–water partition coefficient (Wildman–Crippen LogP) is 1.81. The van der Waals surface area contributed by atoms with Crippen LogP contribution >= 0.6 is 0 Å². The highest BCUT2D eigenvalue weighted by Gasteiger charge is 2.23. The van der Waals surface area contributed by atoms with Crippen molar-refractivity contribution in [2.45, 2.75) is 20.0 Å². The lowest BCUT2D eigenvalue weighted by molar-refractivity contribution is 0.0446. The van der Waals surface area contributed by atoms with Crippen LogP contribution in [-0.4, -0.2) is 38.8 Å². The molecule has 6 nitrogen and oxygen atoms in total. The van der Waals surface area contributed by atoms with Crippen LogP contribution in [-0.2, 0) is 6.54 Å². The van der Waals surface area contributed by atoms with Gasteiger partial charge in [0.2, 0.25) is 0 Å². The van der Waals surface area contributed by atoms with Crippen molar-refractivity contribution in [1.29, 1.82) is 0 Å². The number of halogens is 2. The predicted molar refractivity (Wildman–Crippen MR) is 68.8 cm³/mol. The fourth-order valence-corrected chi connectivity index (χ4v) is 1.93. The average molecular weight is 299 g/mol. The van der Waals surface area contributed by atoms with E-state index in [0.29, 0.717) is 16.2 Å². The Morgan fingerprint density at radius 2 is 2.24 bits per heavy atom. The largest absolute Gasteiger partial charge is 0.464 e. The van der Waals surface area contributed by atoms with Gasteiger partial charge in [-0.15, -0.1) is 0 Å². The van der Waals surface area contributed by atoms with E-state index < -0.39 is 12.5 Å². The standard InChI is InChI=1S/C13H15F2N3O3/c1-9-2-3-10(21-9)8-17(6-7-19)12(20)11-4-5-16-18(11)13(14)15/h2-5,13,19H,6-8H2,1H3. The number of amides is 1. The molecule has 8 heteroatoms. The Bertz CT molecular complexity index is 609. The summed E-state index contributed by atoms with van der Waals surface area (Å²) in [6, 6.07) is 4.64. The molecule has 0 fully saturated rings. The monoisotopic (exact) mass is 299 g/mol. The molecule has 2 heterocycles. The zero-order valence-electron chi connectivity index (χ0n) is 11.4. The van der Waals surface area contributed by atoms with Gasteiger partial charge in [0.25, 0.3) is 5.91 Å². The molecule has 1 N–H and O–H groups in total. The number of aromatic nitrogens is 2. The van der Waals surface area contributed by atoms with Crippen molar-refractivity contribution >= 4 is 5.91 Å². The summed E-state index contributed by atoms with van der Waals surface area (Å²) < 4.78 is 31.2. The van der Waals surface area contributed by atoms with E-state index in [-0.39, 0.29) is 25.4 Å². The molecule has 2 rings (SSSR count). The molecule has 0 atom stereocenters. The fourth-order valence-electron chi connectivity index (χ4n) is 1.93. The number of alkyl halides is 2. The van der Waals surface area contributed by atoms with E-state index in [4.69, 9.17) is 9.52 Å². The highest BCUT2D eigenvalue weighted by atomic mass is 19.3. The molecule has 0 aromatic carbocycles. The second-order valence-electron chi connectivity index (χ2n) is 4.40. The lowest BCUT2D eigenvalue weighted by atomic mass is 10.3. The van der Waals surface area contributed by atoms with Gasteiger partial charge in [-0.2, -0.15) is 18.6 Å². The van der Waals surface area contributed by atoms with Gasteiger partial charge >= 0.3 is 6.55 Å². The molecular weight excluding hydrogens is 284 g/mol. The van der Waals surface area contributed by atoms with E-state index in [1.54, 1.807) is 19.1 Å². The van der Waals surface area contributed by atoms with E-state index in [0.717, 1.165) is 6.20 Å². The normalized spacial score (nSPS) is 11.1. The van der Waals surface area contributed by atoms with Gasteiger partial charge in [0.05, 0.1) is 13.2 Å². The maximum Gasteiger partial charge on any atom is 0.333 e. The van der Waals surface area contributed by atoms with Gasteiger partial charge in [0, 0.05) is 12.7 Å². The fraction of sp³-hybridized carbons (Fsp3) is 0.385. The molecule has 0 saturated heterocycles. The zero-order chi connectivity index (χ0) is 15.4. The van der Waals surface area contributed by atoms with Crippen LogP contribution in [0, 0.1) is 6.92 Å². The van der Waals surface area contributed by atoms with Crippen LogP contribution in [0.2, 0.25) is 0 Å². The number of nitrogens with zero attached hydrogens (tertiary/aromatic N) is 3. The van der Waals surface area contributed by atoms with Crippen molar-refractivity contribution in [3.63, 3.8) is 0 Å². The Morgan fingerprint density at radius 3 is 2.81 bits per heavy atom. The van der Waals surface area contributed by atoms with Crippen LogP contribution in [0.5, 0.6) is 0 Å². The molecule has 114 valence electrons. The van der Waals surface area contributed by atoms with Gasteiger partial charge in [-0.25, -0.2) is 0 Å². The molecule has 0 spiro atoms. The van der Waals surface area contributed by atoms with Crippen molar-refractivity contribution in [2.75, 3.05) is 13.2 Å². The molecule has 2 aromatic rings. The third-order valence-corrected chi connectivity index (χ3v) is 2.87. The molecule has 2 aromatic heterocycles. The number of aliphatic hydroxyl groups excluding tert-OH is 1. The molecule has 0 aliphatic rings. The van der Waals surface area contributed by atoms with E-state index in [1.807, 2.05) is 0 Å². The van der Waals surface area contributed by atoms with E-state index >= 15 is 0 Å². The second-order valence-corrected chi connectivity index (χ2v) is 4.40. The number of aryl methyl sites for hydroxylation is 1. The van der Waals surface area contributed by atoms with Gasteiger partial charge in [0.15, 0.2) is 0 Å². The number of furan rings is 1. The molecule has 0 unspecified atom stereocenters. The van der Waals surface area contributed by atoms with E-state index in [1.165, 1.54) is 11.0 Å². The molecule has 0 bridgehead atoms. The number of aliphatic hydroxyl groups is 1. The molecule has 1 amide bonds. The van der Waals surface area contributed by atoms with Crippen LogP contribution in [0.15, 0.2) is 28.8 Å². The lowest BCUT2D eigenvalue weighted by Gasteiger charge is -2.20. The first-order chi connectivity index (χ1) is 10.0. The summed E-state index contributed by atoms with van der Waals surface area (Å²) in [5, 5.41) is 12.5. The summed E-state index contributed by atoms with van der Waals surface area (Å²) in [6.45, 7) is -1.34. The first-order valence-corrected chi connectivity index (χ1v) is 6.30. The van der Waals surface area contributed by atoms with Crippen molar-refractivity contribution in [3.05, 3.63) is 41.6 Å². The quantitative estimate of drug-likeness (QED) is 0.883. The van der Waals surface area contributed by atoms with Gasteiger partial charge in [-0.1, -0.05) is 0 Å². The minimum atomic E-state index is -2.90. The van der Waals surface area contributed by atoms with Crippen LogP contribution in [0.3, 0.4) is 0 Å². The Balaban J connectivity index is 2.20. The molecule has 0 aliphatic carbocycles. The Morgan fingerprint density at radius 1 is 1.48 bits per heavy atom. The smallest absolute Gasteiger partial charge is 0.333 e. The SMILES string of the molecule is Cc1ccc(CN(CCO)C(=O)c2ccnn2C(F)F)o1. The summed E-state index contributed by atoms with van der Waals surface area (Å²) in [6.07, 6.45) is 1.13. The van der Waals surface area contributed by atoms with Crippen molar-refractivity contribution < 1.29 is 23.1 Å². The Kier molecular flexibility index (Phi) is 4.69. The van der Waals surface area contributed by atoms with Crippen LogP contribution < -0.4 is 0 Å². The van der Waals surface area contributed by atoms with Crippen LogP contribution in [0.4, 0.5) is 8.78 Å². The zero-order valence-corrected chi connectivity index (χ0v) is 11.4. The molecule has 0 radical (unpaired) electrons. The van der Waals surface area contributed by atoms with Crippen LogP contribution in [0.1, 0.15) is 28.6 Å². The maximum absolute atomic E-state index is 12.8. The number of hydrogen-bond donors (Lipinski definition) is 1. The Hall–Kier alpha value is -2.22. The average Bonchev–Trinajstić information content (AvgIpc) is 3.06. The van der Waals surface area contributed by atoms with Gasteiger partial charge < -0.3 is 14.4 Å². The van der Waals surface area contributed by atoms with Gasteiger partial charge in [-0.3, -0.25) is 4.79 Å². The minimum absolute atomic E-state index is 0.00694. The molecule has 21 heavy (non-hydrogen) atoms. The lowest BCUT2D eigenvalue weighted by Crippen LogP contribution is -2.34. The van der Waals surface area contributed by atoms with Crippen molar-refractivity contribution in [1.82, 2.24) is 14.7 Å². The molecular formula is C13H15F2N3O3. The summed E-state index contributed by atoms with van der Waals surface area (Å²) >= 11 is 0. The molecule has 0 aliphatic heterocycles. The van der Waals surface area contributed by atoms with Crippen molar-refractivity contribution in [2.24, 2.45) is 0 Å². The summed E-state index contributed by atoms with van der Waals surface area (Å²) in [5.74, 6) is 0.548. The Labute approximate surface area is 119 Å². The minimum Gasteiger partial charge on any atom is -0.464 e. The van der Waals surface area contributed by atoms with Crippen LogP contribution in [0.25, 0.3) is 0 Å². The first-order valence-electron chi connectivity index (χ1n) is 6.30. The summed E-state index contributed by atoms with van der Waals surface area (Å²) in [4.78, 5) is 13.5. The third kappa shape index (κ3) is 3.46. The summed E-state index contributed by atoms with van der Waals surface area (Å²) in [5.41, 5.74) is -0.235. The number of carbonyl (C=O) groups excluding carboxylic acids is 1. The third-order valence-electron chi connectivity index (χ3n) is 2.87. The van der Waals surface area contributed by atoms with Gasteiger partial charge in [-0.05, 0) is 25.1 Å². The van der Waals surface area contributed by atoms with Crippen molar-refractivity contribution in [3.8, 4) is 0 Å². The number of hydrogen-bond acceptors (Lipinski definition) is 4. The number of carbonyl (C=O) groups is 1. The summed E-state index contributed by atoms with van der Waals surface area (Å²) in [7, 11) is 0. The second kappa shape index (κ2) is 6.49. The van der Waals surface area contributed by atoms with E-state index in [2.05, 4.69) is 5.10 Å². The number of rotatable bonds is 6. The van der Waals surface area contributed by atoms with E-state index in [9.17, 15) is 13.6 Å². The highest BCUT2D eigenvalue weighted by Crippen LogP contribution is 2.16. The highest BCUT2D eigenvalue weighted by molar-refractivity contribution is 5.92. The topological polar surface area (TPSA) is 71.5 Å². The molecule has 0 saturated carbocycles. The van der Waals surface area contributed by atoms with Gasteiger partial charge in [0.1, 0.15) is 17.2 Å². The first kappa shape index (κ1) is 15.2.